The molecule has 19 heavy (non-hydrogen) atoms. The number of aromatic carboxylic acids is 1. The Labute approximate surface area is 110 Å². The van der Waals surface area contributed by atoms with Gasteiger partial charge < -0.3 is 15.5 Å². The monoisotopic (exact) mass is 268 g/mol. The van der Waals surface area contributed by atoms with E-state index in [2.05, 4.69) is 10.3 Å². The molecule has 0 bridgehead atoms. The Kier molecular flexibility index (Phi) is 4.31. The highest BCUT2D eigenvalue weighted by Crippen LogP contribution is 2.24. The number of hydrogen-bond donors (Lipinski definition) is 3. The summed E-state index contributed by atoms with van der Waals surface area (Å²) in [6.45, 7) is 0.589. The number of aliphatic hydroxyl groups excluding tert-OH is 1. The molecule has 0 spiro atoms. The van der Waals surface area contributed by atoms with Gasteiger partial charge in [0.05, 0.1) is 12.3 Å². The molecule has 1 saturated carbocycles. The smallest absolute Gasteiger partial charge is 0.339 e. The van der Waals surface area contributed by atoms with Gasteiger partial charge in [0.15, 0.2) is 0 Å². The lowest BCUT2D eigenvalue weighted by Gasteiger charge is -2.25. The molecular weight excluding hydrogens is 251 g/mol. The molecular formula is C13H17FN2O3. The van der Waals surface area contributed by atoms with Crippen LogP contribution in [0.3, 0.4) is 0 Å². The third-order valence-corrected chi connectivity index (χ3v) is 3.46. The minimum absolute atomic E-state index is 0.157. The van der Waals surface area contributed by atoms with E-state index in [9.17, 15) is 14.3 Å². The fraction of sp³-hybridized carbons (Fsp3) is 0.538. The summed E-state index contributed by atoms with van der Waals surface area (Å²) in [5, 5.41) is 21.4. The molecule has 1 aliphatic carbocycles. The zero-order chi connectivity index (χ0) is 13.8. The van der Waals surface area contributed by atoms with Gasteiger partial charge in [0.2, 0.25) is 0 Å². The van der Waals surface area contributed by atoms with Gasteiger partial charge in [0.1, 0.15) is 17.2 Å². The Morgan fingerprint density at radius 3 is 2.74 bits per heavy atom. The number of anilines is 1. The topological polar surface area (TPSA) is 82.5 Å². The Hall–Kier alpha value is -1.69. The third kappa shape index (κ3) is 3.64. The number of carboxylic acids is 1. The maximum absolute atomic E-state index is 13.0. The number of carboxylic acid groups (broad SMARTS) is 1. The van der Waals surface area contributed by atoms with Crippen LogP contribution in [0.4, 0.5) is 10.2 Å². The molecule has 1 heterocycles. The highest BCUT2D eigenvalue weighted by atomic mass is 19.1. The number of rotatable bonds is 4. The van der Waals surface area contributed by atoms with Gasteiger partial charge in [-0.25, -0.2) is 14.2 Å². The number of halogens is 1. The molecule has 3 N–H and O–H groups in total. The number of aromatic nitrogens is 1. The lowest BCUT2D eigenvalue weighted by Crippen LogP contribution is -2.24. The number of nitrogens with zero attached hydrogens (tertiary/aromatic N) is 1. The van der Waals surface area contributed by atoms with Crippen LogP contribution in [0.1, 0.15) is 36.0 Å². The molecule has 0 saturated heterocycles. The molecule has 1 aliphatic rings. The summed E-state index contributed by atoms with van der Waals surface area (Å²) in [5.74, 6) is -1.28. The lowest BCUT2D eigenvalue weighted by molar-refractivity contribution is 0.0697. The number of aliphatic hydroxyl groups is 1. The molecule has 0 aliphatic heterocycles. The van der Waals surface area contributed by atoms with E-state index < -0.39 is 11.8 Å². The molecule has 1 fully saturated rings. The average molecular weight is 268 g/mol. The van der Waals surface area contributed by atoms with Gasteiger partial charge in [0.25, 0.3) is 0 Å². The van der Waals surface area contributed by atoms with Crippen LogP contribution in [-0.4, -0.2) is 33.8 Å². The summed E-state index contributed by atoms with van der Waals surface area (Å²) in [6, 6.07) is 0.961. The van der Waals surface area contributed by atoms with Gasteiger partial charge in [-0.2, -0.15) is 0 Å². The first-order valence-corrected chi connectivity index (χ1v) is 6.37. The normalized spacial score (nSPS) is 23.1. The lowest BCUT2D eigenvalue weighted by atomic mass is 9.87. The van der Waals surface area contributed by atoms with Crippen molar-refractivity contribution in [2.75, 3.05) is 11.9 Å². The van der Waals surface area contributed by atoms with Gasteiger partial charge in [-0.15, -0.1) is 0 Å². The van der Waals surface area contributed by atoms with Crippen LogP contribution >= 0.6 is 0 Å². The maximum Gasteiger partial charge on any atom is 0.339 e. The first kappa shape index (κ1) is 13.7. The second-order valence-electron chi connectivity index (χ2n) is 4.91. The molecule has 1 aromatic heterocycles. The zero-order valence-electron chi connectivity index (χ0n) is 10.5. The standard InChI is InChI=1S/C13H17FN2O3/c14-9-5-11(13(18)19)12(16-7-9)15-6-8-1-3-10(17)4-2-8/h5,7-8,10,17H,1-4,6H2,(H,15,16)(H,18,19). The number of nitrogens with one attached hydrogen (secondary N) is 1. The van der Waals surface area contributed by atoms with Crippen molar-refractivity contribution < 1.29 is 19.4 Å². The van der Waals surface area contributed by atoms with Crippen LogP contribution in [0.5, 0.6) is 0 Å². The van der Waals surface area contributed by atoms with Crippen LogP contribution in [0.15, 0.2) is 12.3 Å². The molecule has 5 nitrogen and oxygen atoms in total. The van der Waals surface area contributed by atoms with Crippen molar-refractivity contribution >= 4 is 11.8 Å². The summed E-state index contributed by atoms with van der Waals surface area (Å²) in [7, 11) is 0. The van der Waals surface area contributed by atoms with Crippen molar-refractivity contribution in [1.82, 2.24) is 4.98 Å². The average Bonchev–Trinajstić information content (AvgIpc) is 2.39. The third-order valence-electron chi connectivity index (χ3n) is 3.46. The summed E-state index contributed by atoms with van der Waals surface area (Å²) in [5.41, 5.74) is -0.157. The second-order valence-corrected chi connectivity index (χ2v) is 4.91. The largest absolute Gasteiger partial charge is 0.478 e. The second kappa shape index (κ2) is 5.97. The number of hydrogen-bond acceptors (Lipinski definition) is 4. The first-order valence-electron chi connectivity index (χ1n) is 6.37. The molecule has 104 valence electrons. The van der Waals surface area contributed by atoms with Gasteiger partial charge in [-0.05, 0) is 37.7 Å². The predicted molar refractivity (Wildman–Crippen MR) is 67.6 cm³/mol. The van der Waals surface area contributed by atoms with Gasteiger partial charge >= 0.3 is 5.97 Å². The predicted octanol–water partition coefficient (Wildman–Crippen LogP) is 1.88. The SMILES string of the molecule is O=C(O)c1cc(F)cnc1NCC1CCC(O)CC1. The number of carbonyl (C=O) groups is 1. The summed E-state index contributed by atoms with van der Waals surface area (Å²) < 4.78 is 13.0. The highest BCUT2D eigenvalue weighted by Gasteiger charge is 2.20. The minimum Gasteiger partial charge on any atom is -0.478 e. The summed E-state index contributed by atoms with van der Waals surface area (Å²) in [6.07, 6.45) is 4.13. The Morgan fingerprint density at radius 2 is 2.11 bits per heavy atom. The van der Waals surface area contributed by atoms with Crippen LogP contribution in [0, 0.1) is 11.7 Å². The maximum atomic E-state index is 13.0. The van der Waals surface area contributed by atoms with E-state index >= 15 is 0 Å². The molecule has 0 aromatic carbocycles. The van der Waals surface area contributed by atoms with E-state index in [1.165, 1.54) is 0 Å². The molecule has 0 radical (unpaired) electrons. The van der Waals surface area contributed by atoms with E-state index in [0.29, 0.717) is 12.5 Å². The van der Waals surface area contributed by atoms with E-state index in [-0.39, 0.29) is 17.5 Å². The van der Waals surface area contributed by atoms with Gasteiger partial charge in [-0.3, -0.25) is 0 Å². The van der Waals surface area contributed by atoms with Crippen molar-refractivity contribution in [2.24, 2.45) is 5.92 Å². The van der Waals surface area contributed by atoms with Crippen molar-refractivity contribution in [1.29, 1.82) is 0 Å². The van der Waals surface area contributed by atoms with Crippen molar-refractivity contribution in [3.05, 3.63) is 23.6 Å². The van der Waals surface area contributed by atoms with Gasteiger partial charge in [0, 0.05) is 6.54 Å². The van der Waals surface area contributed by atoms with Crippen molar-refractivity contribution in [2.45, 2.75) is 31.8 Å². The fourth-order valence-electron chi connectivity index (χ4n) is 2.33. The van der Waals surface area contributed by atoms with Gasteiger partial charge in [-0.1, -0.05) is 0 Å². The molecule has 1 aromatic rings. The summed E-state index contributed by atoms with van der Waals surface area (Å²) >= 11 is 0. The Morgan fingerprint density at radius 1 is 1.42 bits per heavy atom. The quantitative estimate of drug-likeness (QED) is 0.776. The van der Waals surface area contributed by atoms with Crippen LogP contribution in [0.25, 0.3) is 0 Å². The molecule has 2 rings (SSSR count). The Balaban J connectivity index is 1.97. The van der Waals surface area contributed by atoms with Crippen molar-refractivity contribution in [3.8, 4) is 0 Å². The molecule has 0 amide bonds. The summed E-state index contributed by atoms with van der Waals surface area (Å²) in [4.78, 5) is 14.8. The molecule has 0 atom stereocenters. The first-order chi connectivity index (χ1) is 9.06. The van der Waals surface area contributed by atoms with E-state index in [4.69, 9.17) is 5.11 Å². The zero-order valence-corrected chi connectivity index (χ0v) is 10.5. The van der Waals surface area contributed by atoms with Crippen molar-refractivity contribution in [3.63, 3.8) is 0 Å². The van der Waals surface area contributed by atoms with E-state index in [0.717, 1.165) is 37.9 Å². The van der Waals surface area contributed by atoms with Crippen LogP contribution in [0.2, 0.25) is 0 Å². The molecule has 6 heteroatoms. The fourth-order valence-corrected chi connectivity index (χ4v) is 2.33. The minimum atomic E-state index is -1.20. The Bertz CT molecular complexity index is 459. The number of pyridine rings is 1. The molecule has 0 unspecified atom stereocenters. The van der Waals surface area contributed by atoms with Crippen LogP contribution < -0.4 is 5.32 Å². The van der Waals surface area contributed by atoms with Crippen LogP contribution in [-0.2, 0) is 0 Å². The van der Waals surface area contributed by atoms with E-state index in [1.54, 1.807) is 0 Å². The highest BCUT2D eigenvalue weighted by molar-refractivity contribution is 5.93. The van der Waals surface area contributed by atoms with E-state index in [1.807, 2.05) is 0 Å².